The van der Waals surface area contributed by atoms with E-state index in [1.54, 1.807) is 13.2 Å². The van der Waals surface area contributed by atoms with Gasteiger partial charge in [-0.15, -0.1) is 0 Å². The van der Waals surface area contributed by atoms with Crippen molar-refractivity contribution < 1.29 is 14.8 Å². The fraction of sp³-hybridized carbons (Fsp3) is 0.625. The molecule has 116 valence electrons. The third kappa shape index (κ3) is 3.79. The molecular weight excluding hydrogens is 265 g/mol. The van der Waals surface area contributed by atoms with E-state index in [4.69, 9.17) is 4.74 Å². The van der Waals surface area contributed by atoms with Crippen LogP contribution in [-0.4, -0.2) is 41.8 Å². The molecule has 5 heteroatoms. The molecule has 0 aliphatic carbocycles. The van der Waals surface area contributed by atoms with Gasteiger partial charge in [-0.1, -0.05) is 26.0 Å². The number of rotatable bonds is 4. The minimum Gasteiger partial charge on any atom is -0.496 e. The maximum Gasteiger partial charge on any atom is 0.488 e. The van der Waals surface area contributed by atoms with E-state index < -0.39 is 7.12 Å². The van der Waals surface area contributed by atoms with Crippen LogP contribution in [0.15, 0.2) is 18.2 Å². The summed E-state index contributed by atoms with van der Waals surface area (Å²) in [5.74, 6) is 2.16. The molecule has 0 aromatic heterocycles. The van der Waals surface area contributed by atoms with Crippen LogP contribution in [0, 0.1) is 11.8 Å². The molecule has 4 nitrogen and oxygen atoms in total. The minimum absolute atomic E-state index is 0.511. The minimum atomic E-state index is -1.44. The summed E-state index contributed by atoms with van der Waals surface area (Å²) in [5, 5.41) is 18.7. The molecule has 1 aliphatic rings. The quantitative estimate of drug-likeness (QED) is 0.820. The van der Waals surface area contributed by atoms with Crippen molar-refractivity contribution in [1.82, 2.24) is 4.90 Å². The summed E-state index contributed by atoms with van der Waals surface area (Å²) < 4.78 is 5.42. The summed E-state index contributed by atoms with van der Waals surface area (Å²) >= 11 is 0. The van der Waals surface area contributed by atoms with Crippen LogP contribution >= 0.6 is 0 Å². The smallest absolute Gasteiger partial charge is 0.488 e. The molecule has 0 saturated carbocycles. The van der Waals surface area contributed by atoms with Crippen LogP contribution in [0.5, 0.6) is 5.75 Å². The number of hydrogen-bond donors (Lipinski definition) is 2. The SMILES string of the molecule is COc1ccc(B(O)O)cc1CN1CC(C)CC(C)C1C. The number of hydrogen-bond acceptors (Lipinski definition) is 4. The van der Waals surface area contributed by atoms with Gasteiger partial charge < -0.3 is 14.8 Å². The van der Waals surface area contributed by atoms with Gasteiger partial charge in [0.2, 0.25) is 0 Å². The highest BCUT2D eigenvalue weighted by molar-refractivity contribution is 6.58. The van der Waals surface area contributed by atoms with Crippen molar-refractivity contribution in [2.45, 2.75) is 39.8 Å². The average Bonchev–Trinajstić information content (AvgIpc) is 2.44. The van der Waals surface area contributed by atoms with Gasteiger partial charge in [-0.3, -0.25) is 4.90 Å². The van der Waals surface area contributed by atoms with E-state index in [9.17, 15) is 10.0 Å². The second-order valence-electron chi connectivity index (χ2n) is 6.43. The molecule has 3 atom stereocenters. The number of piperidine rings is 1. The zero-order valence-corrected chi connectivity index (χ0v) is 13.4. The normalized spacial score (nSPS) is 26.7. The van der Waals surface area contributed by atoms with Gasteiger partial charge in [0.05, 0.1) is 7.11 Å². The van der Waals surface area contributed by atoms with Gasteiger partial charge in [-0.2, -0.15) is 0 Å². The first-order chi connectivity index (χ1) is 9.92. The monoisotopic (exact) mass is 291 g/mol. The molecule has 0 amide bonds. The highest BCUT2D eigenvalue weighted by Gasteiger charge is 2.29. The van der Waals surface area contributed by atoms with Crippen LogP contribution in [0.3, 0.4) is 0 Å². The topological polar surface area (TPSA) is 52.9 Å². The molecule has 1 aromatic carbocycles. The molecule has 3 unspecified atom stereocenters. The van der Waals surface area contributed by atoms with Crippen molar-refractivity contribution >= 4 is 12.6 Å². The number of benzene rings is 1. The third-order valence-corrected chi connectivity index (χ3v) is 4.70. The van der Waals surface area contributed by atoms with Crippen LogP contribution in [0.25, 0.3) is 0 Å². The Labute approximate surface area is 127 Å². The lowest BCUT2D eigenvalue weighted by Gasteiger charge is -2.41. The fourth-order valence-corrected chi connectivity index (χ4v) is 3.34. The van der Waals surface area contributed by atoms with Crippen molar-refractivity contribution in [1.29, 1.82) is 0 Å². The van der Waals surface area contributed by atoms with Crippen LogP contribution < -0.4 is 10.2 Å². The van der Waals surface area contributed by atoms with Gasteiger partial charge >= 0.3 is 7.12 Å². The molecule has 0 bridgehead atoms. The summed E-state index contributed by atoms with van der Waals surface area (Å²) in [6, 6.07) is 5.86. The summed E-state index contributed by atoms with van der Waals surface area (Å²) in [5.41, 5.74) is 1.52. The fourth-order valence-electron chi connectivity index (χ4n) is 3.34. The zero-order valence-electron chi connectivity index (χ0n) is 13.4. The van der Waals surface area contributed by atoms with E-state index in [2.05, 4.69) is 25.7 Å². The molecule has 1 aromatic rings. The lowest BCUT2D eigenvalue weighted by Crippen LogP contribution is -2.45. The lowest BCUT2D eigenvalue weighted by atomic mass is 9.79. The maximum atomic E-state index is 9.35. The first kappa shape index (κ1) is 16.3. The first-order valence-corrected chi connectivity index (χ1v) is 7.69. The number of likely N-dealkylation sites (tertiary alicyclic amines) is 1. The molecule has 0 spiro atoms. The predicted molar refractivity (Wildman–Crippen MR) is 85.6 cm³/mol. The molecule has 0 radical (unpaired) electrons. The van der Waals surface area contributed by atoms with Gasteiger partial charge in [0, 0.05) is 24.7 Å². The van der Waals surface area contributed by atoms with Crippen molar-refractivity contribution in [3.63, 3.8) is 0 Å². The number of nitrogens with zero attached hydrogens (tertiary/aromatic N) is 1. The average molecular weight is 291 g/mol. The molecule has 1 saturated heterocycles. The van der Waals surface area contributed by atoms with Gasteiger partial charge in [0.25, 0.3) is 0 Å². The highest BCUT2D eigenvalue weighted by Crippen LogP contribution is 2.29. The molecule has 1 fully saturated rings. The van der Waals surface area contributed by atoms with E-state index in [0.717, 1.165) is 24.4 Å². The van der Waals surface area contributed by atoms with E-state index in [0.29, 0.717) is 23.3 Å². The van der Waals surface area contributed by atoms with Crippen LogP contribution in [0.1, 0.15) is 32.8 Å². The van der Waals surface area contributed by atoms with Crippen LogP contribution in [0.4, 0.5) is 0 Å². The molecule has 2 rings (SSSR count). The largest absolute Gasteiger partial charge is 0.496 e. The molecule has 2 N–H and O–H groups in total. The Hall–Kier alpha value is -1.04. The second-order valence-corrected chi connectivity index (χ2v) is 6.43. The molecule has 1 heterocycles. The Bertz CT molecular complexity index is 481. The van der Waals surface area contributed by atoms with Gasteiger partial charge in [-0.25, -0.2) is 0 Å². The Morgan fingerprint density at radius 2 is 2.00 bits per heavy atom. The van der Waals surface area contributed by atoms with Crippen molar-refractivity contribution in [2.24, 2.45) is 11.8 Å². The Kier molecular flexibility index (Phi) is 5.30. The molecular formula is C16H26BNO3. The van der Waals surface area contributed by atoms with E-state index in [1.165, 1.54) is 6.42 Å². The Morgan fingerprint density at radius 1 is 1.29 bits per heavy atom. The number of methoxy groups -OCH3 is 1. The highest BCUT2D eigenvalue weighted by atomic mass is 16.5. The van der Waals surface area contributed by atoms with Crippen molar-refractivity contribution in [3.05, 3.63) is 23.8 Å². The van der Waals surface area contributed by atoms with E-state index >= 15 is 0 Å². The second kappa shape index (κ2) is 6.82. The molecule has 21 heavy (non-hydrogen) atoms. The Morgan fingerprint density at radius 3 is 2.62 bits per heavy atom. The van der Waals surface area contributed by atoms with E-state index in [-0.39, 0.29) is 0 Å². The maximum absolute atomic E-state index is 9.35. The van der Waals surface area contributed by atoms with E-state index in [1.807, 2.05) is 12.1 Å². The zero-order chi connectivity index (χ0) is 15.6. The molecule has 1 aliphatic heterocycles. The summed E-state index contributed by atoms with van der Waals surface area (Å²) in [4.78, 5) is 2.46. The lowest BCUT2D eigenvalue weighted by molar-refractivity contribution is 0.0723. The summed E-state index contributed by atoms with van der Waals surface area (Å²) in [6.07, 6.45) is 1.27. The van der Waals surface area contributed by atoms with Crippen LogP contribution in [-0.2, 0) is 6.54 Å². The third-order valence-electron chi connectivity index (χ3n) is 4.70. The van der Waals surface area contributed by atoms with Gasteiger partial charge in [-0.05, 0) is 36.7 Å². The Balaban J connectivity index is 2.22. The standard InChI is InChI=1S/C16H26BNO3/c1-11-7-12(2)13(3)18(9-11)10-14-8-15(17(19)20)5-6-16(14)21-4/h5-6,8,11-13,19-20H,7,9-10H2,1-4H3. The van der Waals surface area contributed by atoms with Gasteiger partial charge in [0.15, 0.2) is 0 Å². The van der Waals surface area contributed by atoms with Crippen molar-refractivity contribution in [3.8, 4) is 5.75 Å². The first-order valence-electron chi connectivity index (χ1n) is 7.69. The number of ether oxygens (including phenoxy) is 1. The van der Waals surface area contributed by atoms with Crippen LogP contribution in [0.2, 0.25) is 0 Å². The summed E-state index contributed by atoms with van der Waals surface area (Å²) in [6.45, 7) is 8.72. The summed E-state index contributed by atoms with van der Waals surface area (Å²) in [7, 11) is 0.213. The predicted octanol–water partition coefficient (Wildman–Crippen LogP) is 1.24. The van der Waals surface area contributed by atoms with Gasteiger partial charge in [0.1, 0.15) is 5.75 Å². The van der Waals surface area contributed by atoms with Crippen molar-refractivity contribution in [2.75, 3.05) is 13.7 Å².